The van der Waals surface area contributed by atoms with Crippen LogP contribution in [-0.2, 0) is 14.3 Å². The Morgan fingerprint density at radius 3 is 2.50 bits per heavy atom. The molecule has 4 rings (SSSR count). The fraction of sp³-hybridized carbons (Fsp3) is 0.688. The Morgan fingerprint density at radius 1 is 1.18 bits per heavy atom. The van der Waals surface area contributed by atoms with E-state index in [1.54, 1.807) is 14.1 Å². The smallest absolute Gasteiger partial charge is 0.410 e. The topological polar surface area (TPSA) is 77.5 Å². The molecule has 222 valence electrons. The van der Waals surface area contributed by atoms with E-state index in [-0.39, 0.29) is 36.0 Å². The number of amides is 2. The van der Waals surface area contributed by atoms with Crippen LogP contribution in [0, 0.1) is 11.3 Å². The summed E-state index contributed by atoms with van der Waals surface area (Å²) in [5.41, 5.74) is 1.28. The summed E-state index contributed by atoms with van der Waals surface area (Å²) in [4.78, 5) is 28.3. The van der Waals surface area contributed by atoms with E-state index in [4.69, 9.17) is 18.9 Å². The Balaban J connectivity index is 1.57. The van der Waals surface area contributed by atoms with Gasteiger partial charge in [0.15, 0.2) is 18.1 Å². The number of likely N-dealkylation sites (N-methyl/N-ethyl adjacent to an activating group) is 1. The van der Waals surface area contributed by atoms with Crippen molar-refractivity contribution in [2.24, 2.45) is 11.3 Å². The first-order valence-electron chi connectivity index (χ1n) is 14.6. The van der Waals surface area contributed by atoms with Crippen molar-refractivity contribution in [2.45, 2.75) is 91.0 Å². The molecular formula is C32H48N2O6. The average molecular weight is 557 g/mol. The molecule has 8 nitrogen and oxygen atoms in total. The first-order valence-corrected chi connectivity index (χ1v) is 14.6. The highest BCUT2D eigenvalue weighted by Gasteiger charge is 2.55. The highest BCUT2D eigenvalue weighted by atomic mass is 16.6. The number of fused-ring (bicyclic) bond motifs is 3. The number of para-hydroxylation sites is 1. The van der Waals surface area contributed by atoms with Crippen molar-refractivity contribution in [2.75, 3.05) is 40.4 Å². The molecule has 0 aromatic heterocycles. The van der Waals surface area contributed by atoms with Crippen LogP contribution in [-0.4, -0.2) is 73.4 Å². The Kier molecular flexibility index (Phi) is 8.79. The lowest BCUT2D eigenvalue weighted by molar-refractivity contribution is -0.180. The fourth-order valence-electron chi connectivity index (χ4n) is 6.14. The monoisotopic (exact) mass is 556 g/mol. The molecule has 0 bridgehead atoms. The van der Waals surface area contributed by atoms with Crippen LogP contribution in [0.25, 0.3) is 0 Å². The third-order valence-corrected chi connectivity index (χ3v) is 8.54. The third kappa shape index (κ3) is 6.76. The van der Waals surface area contributed by atoms with Gasteiger partial charge in [-0.1, -0.05) is 23.8 Å². The van der Waals surface area contributed by atoms with Gasteiger partial charge < -0.3 is 28.7 Å². The van der Waals surface area contributed by atoms with Gasteiger partial charge >= 0.3 is 6.09 Å². The molecule has 8 heteroatoms. The Bertz CT molecular complexity index is 1110. The molecule has 0 N–H and O–H groups in total. The lowest BCUT2D eigenvalue weighted by Gasteiger charge is -2.55. The number of hydrogen-bond acceptors (Lipinski definition) is 6. The summed E-state index contributed by atoms with van der Waals surface area (Å²) in [5.74, 6) is 1.30. The second kappa shape index (κ2) is 11.6. The second-order valence-corrected chi connectivity index (χ2v) is 13.5. The Hall–Kier alpha value is -2.74. The van der Waals surface area contributed by atoms with Crippen molar-refractivity contribution in [3.63, 3.8) is 0 Å². The standard InChI is InChI=1S/C32H48N2O6/c1-22(2)11-10-14-31(6)24-19-32(15-17-34(18-16-32)29(36)40-30(3,4)5)21-38-27(24)23-12-9-13-25(28(23)39-31)37-20-26(35)33(7)8/h9,11-13,24,27H,10,14-21H2,1-8H3/t24-,27+,31-/m0/s1. The largest absolute Gasteiger partial charge is 0.483 e. The summed E-state index contributed by atoms with van der Waals surface area (Å²) in [6, 6.07) is 5.88. The predicted octanol–water partition coefficient (Wildman–Crippen LogP) is 6.15. The van der Waals surface area contributed by atoms with Gasteiger partial charge in [-0.05, 0) is 85.1 Å². The molecule has 2 amide bonds. The van der Waals surface area contributed by atoms with Crippen LogP contribution >= 0.6 is 0 Å². The predicted molar refractivity (Wildman–Crippen MR) is 155 cm³/mol. The summed E-state index contributed by atoms with van der Waals surface area (Å²) in [6.07, 6.45) is 6.36. The quantitative estimate of drug-likeness (QED) is 0.392. The van der Waals surface area contributed by atoms with Gasteiger partial charge in [-0.3, -0.25) is 4.79 Å². The van der Waals surface area contributed by atoms with Crippen LogP contribution in [0.3, 0.4) is 0 Å². The molecule has 0 aliphatic carbocycles. The van der Waals surface area contributed by atoms with Crippen molar-refractivity contribution >= 4 is 12.0 Å². The van der Waals surface area contributed by atoms with Gasteiger partial charge in [0.1, 0.15) is 11.2 Å². The Labute approximate surface area is 240 Å². The summed E-state index contributed by atoms with van der Waals surface area (Å²) in [6.45, 7) is 14.1. The van der Waals surface area contributed by atoms with Gasteiger partial charge in [-0.25, -0.2) is 4.79 Å². The van der Waals surface area contributed by atoms with Gasteiger partial charge in [0.25, 0.3) is 5.91 Å². The maximum atomic E-state index is 12.7. The molecule has 3 atom stereocenters. The van der Waals surface area contributed by atoms with E-state index in [1.165, 1.54) is 10.5 Å². The highest BCUT2D eigenvalue weighted by molar-refractivity contribution is 5.77. The second-order valence-electron chi connectivity index (χ2n) is 13.5. The fourth-order valence-corrected chi connectivity index (χ4v) is 6.14. The zero-order chi connectivity index (χ0) is 29.3. The number of benzene rings is 1. The van der Waals surface area contributed by atoms with Gasteiger partial charge in [0.05, 0.1) is 12.7 Å². The minimum Gasteiger partial charge on any atom is -0.483 e. The van der Waals surface area contributed by atoms with E-state index in [1.807, 2.05) is 37.8 Å². The molecule has 2 saturated heterocycles. The van der Waals surface area contributed by atoms with Crippen molar-refractivity contribution in [3.05, 3.63) is 35.4 Å². The van der Waals surface area contributed by atoms with E-state index < -0.39 is 11.2 Å². The van der Waals surface area contributed by atoms with E-state index >= 15 is 0 Å². The number of carbonyl (C=O) groups is 2. The van der Waals surface area contributed by atoms with E-state index in [2.05, 4.69) is 32.9 Å². The van der Waals surface area contributed by atoms with Crippen LogP contribution in [0.4, 0.5) is 4.79 Å². The van der Waals surface area contributed by atoms with Gasteiger partial charge in [0, 0.05) is 38.7 Å². The molecular weight excluding hydrogens is 508 g/mol. The number of rotatable bonds is 6. The van der Waals surface area contributed by atoms with Crippen molar-refractivity contribution in [1.82, 2.24) is 9.80 Å². The summed E-state index contributed by atoms with van der Waals surface area (Å²) in [7, 11) is 3.44. The van der Waals surface area contributed by atoms with Crippen molar-refractivity contribution in [1.29, 1.82) is 0 Å². The molecule has 1 spiro atoms. The number of piperidine rings is 1. The lowest BCUT2D eigenvalue weighted by atomic mass is 9.63. The Morgan fingerprint density at radius 2 is 1.88 bits per heavy atom. The van der Waals surface area contributed by atoms with Gasteiger partial charge in [-0.2, -0.15) is 0 Å². The molecule has 1 aromatic rings. The number of allylic oxidation sites excluding steroid dienone is 2. The van der Waals surface area contributed by atoms with Crippen LogP contribution in [0.1, 0.15) is 85.3 Å². The van der Waals surface area contributed by atoms with Gasteiger partial charge in [0.2, 0.25) is 0 Å². The average Bonchev–Trinajstić information content (AvgIpc) is 2.86. The van der Waals surface area contributed by atoms with Crippen LogP contribution in [0.15, 0.2) is 29.8 Å². The summed E-state index contributed by atoms with van der Waals surface area (Å²) >= 11 is 0. The van der Waals surface area contributed by atoms with Crippen LogP contribution in [0.2, 0.25) is 0 Å². The number of likely N-dealkylation sites (tertiary alicyclic amines) is 1. The molecule has 0 radical (unpaired) electrons. The number of hydrogen-bond donors (Lipinski definition) is 0. The molecule has 3 aliphatic heterocycles. The van der Waals surface area contributed by atoms with Crippen LogP contribution in [0.5, 0.6) is 11.5 Å². The van der Waals surface area contributed by atoms with Crippen molar-refractivity contribution < 1.29 is 28.5 Å². The van der Waals surface area contributed by atoms with Crippen LogP contribution < -0.4 is 9.47 Å². The van der Waals surface area contributed by atoms with E-state index in [0.717, 1.165) is 37.7 Å². The summed E-state index contributed by atoms with van der Waals surface area (Å²) in [5, 5.41) is 0. The maximum absolute atomic E-state index is 12.7. The highest BCUT2D eigenvalue weighted by Crippen LogP contribution is 2.58. The molecule has 3 heterocycles. The molecule has 1 aromatic carbocycles. The minimum absolute atomic E-state index is 0.00937. The number of ether oxygens (including phenoxy) is 4. The molecule has 3 aliphatic rings. The first-order chi connectivity index (χ1) is 18.7. The molecule has 0 unspecified atom stereocenters. The number of nitrogens with zero attached hydrogens (tertiary/aromatic N) is 2. The SMILES string of the molecule is CC(C)=CCC[C@]1(C)Oc2c(OCC(=O)N(C)C)cccc2[C@H]2OCC3(CCN(C(=O)OC(C)(C)C)CC3)C[C@@H]21. The first kappa shape index (κ1) is 30.2. The van der Waals surface area contributed by atoms with E-state index in [9.17, 15) is 9.59 Å². The minimum atomic E-state index is -0.504. The molecule has 40 heavy (non-hydrogen) atoms. The third-order valence-electron chi connectivity index (χ3n) is 8.54. The molecule has 0 saturated carbocycles. The summed E-state index contributed by atoms with van der Waals surface area (Å²) < 4.78 is 25.3. The maximum Gasteiger partial charge on any atom is 0.410 e. The number of carbonyl (C=O) groups excluding carboxylic acids is 2. The lowest BCUT2D eigenvalue weighted by Crippen LogP contribution is -2.56. The van der Waals surface area contributed by atoms with E-state index in [0.29, 0.717) is 31.2 Å². The zero-order valence-corrected chi connectivity index (χ0v) is 25.7. The normalized spacial score (nSPS) is 25.2. The molecule has 2 fully saturated rings. The van der Waals surface area contributed by atoms with Crippen molar-refractivity contribution in [3.8, 4) is 11.5 Å². The zero-order valence-electron chi connectivity index (χ0n) is 25.7. The van der Waals surface area contributed by atoms with Gasteiger partial charge in [-0.15, -0.1) is 0 Å².